The largest absolute Gasteiger partial charge is 0.478 e. The number of imidazole rings is 1. The first-order valence-electron chi connectivity index (χ1n) is 6.89. The first kappa shape index (κ1) is 13.4. The molecule has 3 aromatic rings. The van der Waals surface area contributed by atoms with Gasteiger partial charge in [-0.1, -0.05) is 30.3 Å². The first-order valence-corrected chi connectivity index (χ1v) is 6.89. The van der Waals surface area contributed by atoms with Crippen LogP contribution in [0.25, 0.3) is 11.0 Å². The zero-order chi connectivity index (χ0) is 14.8. The second-order valence-corrected chi connectivity index (χ2v) is 5.20. The van der Waals surface area contributed by atoms with Crippen molar-refractivity contribution in [2.45, 2.75) is 19.4 Å². The second-order valence-electron chi connectivity index (χ2n) is 5.20. The van der Waals surface area contributed by atoms with Crippen LogP contribution in [0.1, 0.15) is 28.9 Å². The number of hydrogen-bond acceptors (Lipinski definition) is 2. The van der Waals surface area contributed by atoms with Crippen LogP contribution in [0.2, 0.25) is 0 Å². The number of rotatable bonds is 4. The fourth-order valence-corrected chi connectivity index (χ4v) is 2.57. The number of hydrogen-bond donors (Lipinski definition) is 1. The standard InChI is InChI=1S/C17H16N2O2/c1-12(9-13-5-3-2-4-6-13)19-11-18-15-10-14(17(20)21)7-8-16(15)19/h2-8,10-12H,9H2,1H3,(H,20,21). The van der Waals surface area contributed by atoms with Gasteiger partial charge in [0.15, 0.2) is 0 Å². The van der Waals surface area contributed by atoms with Crippen molar-refractivity contribution in [3.63, 3.8) is 0 Å². The van der Waals surface area contributed by atoms with E-state index in [-0.39, 0.29) is 11.6 Å². The zero-order valence-corrected chi connectivity index (χ0v) is 11.7. The number of carboxylic acids is 1. The molecule has 1 atom stereocenters. The molecule has 1 heterocycles. The van der Waals surface area contributed by atoms with E-state index >= 15 is 0 Å². The Balaban J connectivity index is 1.92. The van der Waals surface area contributed by atoms with Crippen molar-refractivity contribution < 1.29 is 9.90 Å². The van der Waals surface area contributed by atoms with Gasteiger partial charge in [0.05, 0.1) is 22.9 Å². The van der Waals surface area contributed by atoms with E-state index in [1.54, 1.807) is 18.5 Å². The van der Waals surface area contributed by atoms with E-state index in [1.165, 1.54) is 5.56 Å². The minimum atomic E-state index is -0.927. The van der Waals surface area contributed by atoms with Crippen molar-refractivity contribution in [3.8, 4) is 0 Å². The second kappa shape index (κ2) is 5.40. The number of nitrogens with zero attached hydrogens (tertiary/aromatic N) is 2. The number of carboxylic acid groups (broad SMARTS) is 1. The van der Waals surface area contributed by atoms with Crippen LogP contribution in [0.4, 0.5) is 0 Å². The van der Waals surface area contributed by atoms with Crippen molar-refractivity contribution >= 4 is 17.0 Å². The summed E-state index contributed by atoms with van der Waals surface area (Å²) < 4.78 is 2.09. The van der Waals surface area contributed by atoms with Gasteiger partial charge in [-0.3, -0.25) is 0 Å². The van der Waals surface area contributed by atoms with Crippen molar-refractivity contribution in [3.05, 3.63) is 66.0 Å². The molecule has 0 saturated carbocycles. The Labute approximate surface area is 122 Å². The normalized spacial score (nSPS) is 12.4. The third kappa shape index (κ3) is 2.65. The average molecular weight is 280 g/mol. The monoisotopic (exact) mass is 280 g/mol. The van der Waals surface area contributed by atoms with Crippen molar-refractivity contribution in [1.82, 2.24) is 9.55 Å². The summed E-state index contributed by atoms with van der Waals surface area (Å²) in [6.07, 6.45) is 2.69. The summed E-state index contributed by atoms with van der Waals surface area (Å²) in [5.41, 5.74) is 3.22. The lowest BCUT2D eigenvalue weighted by Gasteiger charge is -2.14. The molecule has 0 spiro atoms. The molecule has 0 fully saturated rings. The zero-order valence-electron chi connectivity index (χ0n) is 11.7. The highest BCUT2D eigenvalue weighted by Crippen LogP contribution is 2.21. The minimum Gasteiger partial charge on any atom is -0.478 e. The van der Waals surface area contributed by atoms with E-state index in [2.05, 4.69) is 28.6 Å². The average Bonchev–Trinajstić information content (AvgIpc) is 2.91. The Hall–Kier alpha value is -2.62. The van der Waals surface area contributed by atoms with E-state index in [1.807, 2.05) is 24.3 Å². The molecule has 0 saturated heterocycles. The SMILES string of the molecule is CC(Cc1ccccc1)n1cnc2cc(C(=O)O)ccc21. The molecule has 0 aliphatic rings. The Kier molecular flexibility index (Phi) is 3.44. The highest BCUT2D eigenvalue weighted by atomic mass is 16.4. The van der Waals surface area contributed by atoms with Crippen LogP contribution in [0, 0.1) is 0 Å². The number of aromatic nitrogens is 2. The smallest absolute Gasteiger partial charge is 0.335 e. The molecule has 106 valence electrons. The maximum Gasteiger partial charge on any atom is 0.335 e. The lowest BCUT2D eigenvalue weighted by molar-refractivity contribution is 0.0697. The Bertz CT molecular complexity index is 778. The van der Waals surface area contributed by atoms with Gasteiger partial charge in [0.2, 0.25) is 0 Å². The molecule has 4 nitrogen and oxygen atoms in total. The van der Waals surface area contributed by atoms with Crippen LogP contribution in [0.5, 0.6) is 0 Å². The van der Waals surface area contributed by atoms with E-state index in [4.69, 9.17) is 5.11 Å². The summed E-state index contributed by atoms with van der Waals surface area (Å²) in [4.78, 5) is 15.3. The quantitative estimate of drug-likeness (QED) is 0.795. The summed E-state index contributed by atoms with van der Waals surface area (Å²) in [6, 6.07) is 15.6. The molecule has 1 aromatic heterocycles. The fraction of sp³-hybridized carbons (Fsp3) is 0.176. The molecule has 0 bridgehead atoms. The fourth-order valence-electron chi connectivity index (χ4n) is 2.57. The molecular weight excluding hydrogens is 264 g/mol. The van der Waals surface area contributed by atoms with E-state index in [0.29, 0.717) is 0 Å². The maximum atomic E-state index is 11.0. The predicted molar refractivity (Wildman–Crippen MR) is 81.5 cm³/mol. The first-order chi connectivity index (χ1) is 10.1. The van der Waals surface area contributed by atoms with Crippen LogP contribution in [0.15, 0.2) is 54.9 Å². The van der Waals surface area contributed by atoms with Crippen molar-refractivity contribution in [1.29, 1.82) is 0 Å². The Morgan fingerprint density at radius 2 is 2.00 bits per heavy atom. The molecule has 3 rings (SSSR count). The number of benzene rings is 2. The summed E-state index contributed by atoms with van der Waals surface area (Å²) in [5, 5.41) is 9.02. The predicted octanol–water partition coefficient (Wildman–Crippen LogP) is 3.54. The molecule has 0 aliphatic carbocycles. The summed E-state index contributed by atoms with van der Waals surface area (Å²) >= 11 is 0. The number of carbonyl (C=O) groups is 1. The molecule has 0 radical (unpaired) electrons. The molecule has 2 aromatic carbocycles. The summed E-state index contributed by atoms with van der Waals surface area (Å²) in [7, 11) is 0. The van der Waals surface area contributed by atoms with Crippen LogP contribution in [-0.4, -0.2) is 20.6 Å². The molecule has 4 heteroatoms. The Morgan fingerprint density at radius 1 is 1.24 bits per heavy atom. The van der Waals surface area contributed by atoms with Crippen molar-refractivity contribution in [2.24, 2.45) is 0 Å². The highest BCUT2D eigenvalue weighted by Gasteiger charge is 2.12. The van der Waals surface area contributed by atoms with Gasteiger partial charge in [-0.25, -0.2) is 9.78 Å². The van der Waals surface area contributed by atoms with E-state index in [0.717, 1.165) is 17.5 Å². The minimum absolute atomic E-state index is 0.257. The summed E-state index contributed by atoms with van der Waals surface area (Å²) in [5.74, 6) is -0.927. The third-order valence-electron chi connectivity index (χ3n) is 3.67. The van der Waals surface area contributed by atoms with Gasteiger partial charge >= 0.3 is 5.97 Å². The number of aromatic carboxylic acids is 1. The van der Waals surface area contributed by atoms with Crippen LogP contribution >= 0.6 is 0 Å². The van der Waals surface area contributed by atoms with Gasteiger partial charge in [-0.2, -0.15) is 0 Å². The lowest BCUT2D eigenvalue weighted by Crippen LogP contribution is -2.07. The van der Waals surface area contributed by atoms with Crippen LogP contribution in [0.3, 0.4) is 0 Å². The van der Waals surface area contributed by atoms with Gasteiger partial charge < -0.3 is 9.67 Å². The third-order valence-corrected chi connectivity index (χ3v) is 3.67. The van der Waals surface area contributed by atoms with Gasteiger partial charge in [-0.05, 0) is 37.1 Å². The number of fused-ring (bicyclic) bond motifs is 1. The highest BCUT2D eigenvalue weighted by molar-refractivity contribution is 5.92. The molecule has 21 heavy (non-hydrogen) atoms. The molecular formula is C17H16N2O2. The van der Waals surface area contributed by atoms with Gasteiger partial charge in [0.25, 0.3) is 0 Å². The lowest BCUT2D eigenvalue weighted by atomic mass is 10.1. The van der Waals surface area contributed by atoms with E-state index < -0.39 is 5.97 Å². The van der Waals surface area contributed by atoms with Gasteiger partial charge in [0, 0.05) is 6.04 Å². The van der Waals surface area contributed by atoms with Crippen molar-refractivity contribution in [2.75, 3.05) is 0 Å². The van der Waals surface area contributed by atoms with Crippen LogP contribution in [-0.2, 0) is 6.42 Å². The van der Waals surface area contributed by atoms with E-state index in [9.17, 15) is 4.79 Å². The molecule has 1 unspecified atom stereocenters. The molecule has 0 aliphatic heterocycles. The Morgan fingerprint density at radius 3 is 2.71 bits per heavy atom. The maximum absolute atomic E-state index is 11.0. The molecule has 1 N–H and O–H groups in total. The topological polar surface area (TPSA) is 55.1 Å². The molecule has 0 amide bonds. The van der Waals surface area contributed by atoms with Gasteiger partial charge in [-0.15, -0.1) is 0 Å². The van der Waals surface area contributed by atoms with Gasteiger partial charge in [0.1, 0.15) is 0 Å². The van der Waals surface area contributed by atoms with Crippen LogP contribution < -0.4 is 0 Å². The summed E-state index contributed by atoms with van der Waals surface area (Å²) in [6.45, 7) is 2.14.